The van der Waals surface area contributed by atoms with E-state index in [1.165, 1.54) is 10.7 Å². The molecule has 0 spiro atoms. The largest absolute Gasteiger partial charge is 0.495 e. The van der Waals surface area contributed by atoms with Crippen molar-refractivity contribution in [3.8, 4) is 5.75 Å². The van der Waals surface area contributed by atoms with E-state index in [-0.39, 0.29) is 23.8 Å². The highest BCUT2D eigenvalue weighted by atomic mass is 16.5. The van der Waals surface area contributed by atoms with E-state index in [9.17, 15) is 9.59 Å². The fourth-order valence-corrected chi connectivity index (χ4v) is 4.44. The van der Waals surface area contributed by atoms with Crippen LogP contribution in [0.1, 0.15) is 16.3 Å². The second kappa shape index (κ2) is 10.2. The molecule has 4 heterocycles. The van der Waals surface area contributed by atoms with Gasteiger partial charge in [0.15, 0.2) is 5.76 Å². The van der Waals surface area contributed by atoms with E-state index in [0.29, 0.717) is 32.1 Å². The molecule has 2 aromatic heterocycles. The van der Waals surface area contributed by atoms with Crippen molar-refractivity contribution in [1.82, 2.24) is 14.7 Å². The number of piperazine rings is 1. The van der Waals surface area contributed by atoms with Crippen LogP contribution < -0.4 is 20.1 Å². The Morgan fingerprint density at radius 1 is 0.943 bits per heavy atom. The Bertz CT molecular complexity index is 1220. The summed E-state index contributed by atoms with van der Waals surface area (Å²) in [7, 11) is 1.68. The quantitative estimate of drug-likeness (QED) is 0.528. The number of para-hydroxylation sites is 2. The second-order valence-corrected chi connectivity index (χ2v) is 8.50. The first-order valence-corrected chi connectivity index (χ1v) is 11.8. The van der Waals surface area contributed by atoms with E-state index >= 15 is 0 Å². The maximum absolute atomic E-state index is 12.6. The summed E-state index contributed by atoms with van der Waals surface area (Å²) >= 11 is 0. The van der Waals surface area contributed by atoms with Gasteiger partial charge in [-0.3, -0.25) is 9.59 Å². The minimum Gasteiger partial charge on any atom is -0.495 e. The first-order chi connectivity index (χ1) is 17.1. The normalized spacial score (nSPS) is 16.4. The van der Waals surface area contributed by atoms with E-state index < -0.39 is 0 Å². The predicted octanol–water partition coefficient (Wildman–Crippen LogP) is 1.69. The topological polar surface area (TPSA) is 93.3 Å². The van der Waals surface area contributed by atoms with E-state index in [4.69, 9.17) is 13.9 Å². The van der Waals surface area contributed by atoms with Crippen LogP contribution in [0, 0.1) is 0 Å². The first-order valence-electron chi connectivity index (χ1n) is 11.8. The maximum atomic E-state index is 12.6. The maximum Gasteiger partial charge on any atom is 0.289 e. The van der Waals surface area contributed by atoms with Crippen LogP contribution in [-0.4, -0.2) is 80.2 Å². The third kappa shape index (κ3) is 5.02. The van der Waals surface area contributed by atoms with Crippen LogP contribution in [0.15, 0.2) is 57.7 Å². The lowest BCUT2D eigenvalue weighted by Crippen LogP contribution is -2.47. The Balaban J connectivity index is 1.25. The molecule has 3 aromatic rings. The molecule has 5 rings (SSSR count). The lowest BCUT2D eigenvalue weighted by molar-refractivity contribution is 0.0281. The first kappa shape index (κ1) is 23.0. The standard InChI is InChI=1S/C25H29N5O5/c1-33-21-5-3-2-4-20(21)27-10-12-28(13-11-27)23-8-9-24(31)30(26-23)18-19-6-7-22(35-19)25(32)29-14-16-34-17-15-29/h2-9H,10-18H2,1H3. The number of benzene rings is 1. The monoisotopic (exact) mass is 479 g/mol. The second-order valence-electron chi connectivity index (χ2n) is 8.50. The molecule has 1 aromatic carbocycles. The number of hydrogen-bond acceptors (Lipinski definition) is 8. The number of morpholine rings is 1. The van der Waals surface area contributed by atoms with Crippen molar-refractivity contribution in [3.05, 3.63) is 70.4 Å². The van der Waals surface area contributed by atoms with Crippen molar-refractivity contribution in [2.24, 2.45) is 0 Å². The highest BCUT2D eigenvalue weighted by Gasteiger charge is 2.23. The van der Waals surface area contributed by atoms with E-state index in [1.54, 1.807) is 30.2 Å². The summed E-state index contributed by atoms with van der Waals surface area (Å²) in [4.78, 5) is 31.3. The molecule has 1 amide bonds. The smallest absolute Gasteiger partial charge is 0.289 e. The number of ether oxygens (including phenoxy) is 2. The van der Waals surface area contributed by atoms with Crippen LogP contribution in [0.2, 0.25) is 0 Å². The molecule has 2 fully saturated rings. The number of nitrogens with zero attached hydrogens (tertiary/aromatic N) is 5. The zero-order valence-corrected chi connectivity index (χ0v) is 19.8. The van der Waals surface area contributed by atoms with Crippen molar-refractivity contribution in [2.75, 3.05) is 69.4 Å². The van der Waals surface area contributed by atoms with Crippen LogP contribution in [0.5, 0.6) is 5.75 Å². The molecule has 35 heavy (non-hydrogen) atoms. The molecular weight excluding hydrogens is 450 g/mol. The summed E-state index contributed by atoms with van der Waals surface area (Å²) in [6.07, 6.45) is 0. The molecule has 0 aliphatic carbocycles. The molecule has 10 nitrogen and oxygen atoms in total. The SMILES string of the molecule is COc1ccccc1N1CCN(c2ccc(=O)n(Cc3ccc(C(=O)N4CCOCC4)o3)n2)CC1. The van der Waals surface area contributed by atoms with Crippen molar-refractivity contribution in [1.29, 1.82) is 0 Å². The van der Waals surface area contributed by atoms with Crippen LogP contribution >= 0.6 is 0 Å². The van der Waals surface area contributed by atoms with Crippen LogP contribution in [0.3, 0.4) is 0 Å². The molecule has 2 saturated heterocycles. The molecule has 0 bridgehead atoms. The Morgan fingerprint density at radius 2 is 1.69 bits per heavy atom. The molecule has 10 heteroatoms. The van der Waals surface area contributed by atoms with Crippen molar-refractivity contribution in [3.63, 3.8) is 0 Å². The van der Waals surface area contributed by atoms with Crippen LogP contribution in [0.4, 0.5) is 11.5 Å². The highest BCUT2D eigenvalue weighted by molar-refractivity contribution is 5.91. The molecule has 184 valence electrons. The van der Waals surface area contributed by atoms with E-state index in [0.717, 1.165) is 43.4 Å². The minimum atomic E-state index is -0.223. The minimum absolute atomic E-state index is 0.157. The molecule has 2 aliphatic heterocycles. The third-order valence-electron chi connectivity index (χ3n) is 6.36. The zero-order valence-electron chi connectivity index (χ0n) is 19.8. The fourth-order valence-electron chi connectivity index (χ4n) is 4.44. The summed E-state index contributed by atoms with van der Waals surface area (Å²) in [6.45, 7) is 5.45. The molecular formula is C25H29N5O5. The third-order valence-corrected chi connectivity index (χ3v) is 6.36. The molecule has 0 N–H and O–H groups in total. The van der Waals surface area contributed by atoms with Gasteiger partial charge in [-0.1, -0.05) is 12.1 Å². The zero-order chi connectivity index (χ0) is 24.2. The average molecular weight is 480 g/mol. The number of amides is 1. The van der Waals surface area contributed by atoms with E-state index in [1.807, 2.05) is 18.2 Å². The van der Waals surface area contributed by atoms with Gasteiger partial charge in [0, 0.05) is 45.3 Å². The van der Waals surface area contributed by atoms with Gasteiger partial charge in [-0.05, 0) is 30.3 Å². The van der Waals surface area contributed by atoms with Gasteiger partial charge in [-0.25, -0.2) is 4.68 Å². The lowest BCUT2D eigenvalue weighted by atomic mass is 10.2. The molecule has 0 unspecified atom stereocenters. The number of furan rings is 1. The number of methoxy groups -OCH3 is 1. The predicted molar refractivity (Wildman–Crippen MR) is 130 cm³/mol. The van der Waals surface area contributed by atoms with Gasteiger partial charge >= 0.3 is 0 Å². The van der Waals surface area contributed by atoms with Gasteiger partial charge < -0.3 is 28.6 Å². The Hall–Kier alpha value is -3.79. The fraction of sp³-hybridized carbons (Fsp3) is 0.400. The van der Waals surface area contributed by atoms with Gasteiger partial charge in [-0.2, -0.15) is 5.10 Å². The van der Waals surface area contributed by atoms with Crippen molar-refractivity contribution >= 4 is 17.4 Å². The number of aromatic nitrogens is 2. The summed E-state index contributed by atoms with van der Waals surface area (Å²) in [5.74, 6) is 2.20. The summed E-state index contributed by atoms with van der Waals surface area (Å²) in [5, 5.41) is 4.58. The number of hydrogen-bond donors (Lipinski definition) is 0. The molecule has 0 saturated carbocycles. The number of carbonyl (C=O) groups excluding carboxylic acids is 1. The number of rotatable bonds is 6. The summed E-state index contributed by atoms with van der Waals surface area (Å²) in [6, 6.07) is 14.7. The van der Waals surface area contributed by atoms with Gasteiger partial charge in [0.05, 0.1) is 26.0 Å². The van der Waals surface area contributed by atoms with Gasteiger partial charge in [0.2, 0.25) is 0 Å². The van der Waals surface area contributed by atoms with Gasteiger partial charge in [0.25, 0.3) is 11.5 Å². The van der Waals surface area contributed by atoms with Gasteiger partial charge in [0.1, 0.15) is 23.9 Å². The molecule has 0 radical (unpaired) electrons. The summed E-state index contributed by atoms with van der Waals surface area (Å²) < 4.78 is 17.9. The number of anilines is 2. The van der Waals surface area contributed by atoms with Crippen molar-refractivity contribution < 1.29 is 18.7 Å². The Labute approximate surface area is 203 Å². The average Bonchev–Trinajstić information content (AvgIpc) is 3.38. The van der Waals surface area contributed by atoms with Crippen molar-refractivity contribution in [2.45, 2.75) is 6.54 Å². The van der Waals surface area contributed by atoms with Crippen LogP contribution in [-0.2, 0) is 11.3 Å². The van der Waals surface area contributed by atoms with Gasteiger partial charge in [-0.15, -0.1) is 0 Å². The Morgan fingerprint density at radius 3 is 2.46 bits per heavy atom. The Kier molecular flexibility index (Phi) is 6.71. The number of carbonyl (C=O) groups is 1. The highest BCUT2D eigenvalue weighted by Crippen LogP contribution is 2.28. The molecule has 2 aliphatic rings. The van der Waals surface area contributed by atoms with Crippen LogP contribution in [0.25, 0.3) is 0 Å². The summed E-state index contributed by atoms with van der Waals surface area (Å²) in [5.41, 5.74) is 0.853. The lowest BCUT2D eigenvalue weighted by Gasteiger charge is -2.37. The van der Waals surface area contributed by atoms with E-state index in [2.05, 4.69) is 21.0 Å². The molecule has 0 atom stereocenters.